The number of aromatic nitrogens is 3. The molecule has 196 valence electrons. The summed E-state index contributed by atoms with van der Waals surface area (Å²) in [6.07, 6.45) is 1.82. The SMILES string of the molecule is Nc1nc(CCN2CCN(c3ccccc3)CC2)nc(NCCCN2CCN(c3ccccc3)CC2)n1. The minimum Gasteiger partial charge on any atom is -0.369 e. The molecule has 2 aliphatic heterocycles. The van der Waals surface area contributed by atoms with Crippen LogP contribution in [0.15, 0.2) is 60.7 Å². The molecular weight excluding hydrogens is 462 g/mol. The van der Waals surface area contributed by atoms with Gasteiger partial charge < -0.3 is 20.9 Å². The third-order valence-electron chi connectivity index (χ3n) is 7.27. The lowest BCUT2D eigenvalue weighted by atomic mass is 10.2. The number of rotatable bonds is 10. The molecule has 0 unspecified atom stereocenters. The second-order valence-electron chi connectivity index (χ2n) is 9.79. The van der Waals surface area contributed by atoms with Gasteiger partial charge in [0, 0.05) is 83.2 Å². The first-order valence-electron chi connectivity index (χ1n) is 13.5. The summed E-state index contributed by atoms with van der Waals surface area (Å²) in [5, 5.41) is 3.36. The average Bonchev–Trinajstić information content (AvgIpc) is 2.96. The Morgan fingerprint density at radius 2 is 1.19 bits per heavy atom. The second kappa shape index (κ2) is 12.7. The zero-order valence-electron chi connectivity index (χ0n) is 21.7. The Morgan fingerprint density at radius 1 is 0.649 bits per heavy atom. The predicted octanol–water partition coefficient (Wildman–Crippen LogP) is 2.44. The molecule has 0 radical (unpaired) electrons. The number of piperazine rings is 2. The molecule has 2 saturated heterocycles. The normalized spacial score (nSPS) is 17.2. The van der Waals surface area contributed by atoms with Crippen LogP contribution in [0.2, 0.25) is 0 Å². The zero-order valence-corrected chi connectivity index (χ0v) is 21.7. The van der Waals surface area contributed by atoms with Gasteiger partial charge >= 0.3 is 0 Å². The standard InChI is InChI=1S/C28H39N9/c29-27-31-26(12-15-35-18-22-37(23-19-35)25-10-5-2-6-11-25)32-28(33-27)30-13-7-14-34-16-20-36(21-17-34)24-8-3-1-4-9-24/h1-6,8-11H,7,12-23H2,(H3,29,30,31,32,33). The van der Waals surface area contributed by atoms with E-state index in [0.717, 1.165) is 90.7 Å². The van der Waals surface area contributed by atoms with Gasteiger partial charge in [-0.1, -0.05) is 36.4 Å². The second-order valence-corrected chi connectivity index (χ2v) is 9.79. The predicted molar refractivity (Wildman–Crippen MR) is 151 cm³/mol. The van der Waals surface area contributed by atoms with Gasteiger partial charge in [-0.3, -0.25) is 9.80 Å². The van der Waals surface area contributed by atoms with Crippen molar-refractivity contribution in [1.29, 1.82) is 0 Å². The number of nitrogens with zero attached hydrogens (tertiary/aromatic N) is 7. The fourth-order valence-electron chi connectivity index (χ4n) is 5.13. The van der Waals surface area contributed by atoms with Crippen LogP contribution in [0.3, 0.4) is 0 Å². The number of benzene rings is 2. The number of nitrogens with two attached hydrogens (primary N) is 1. The molecule has 3 heterocycles. The maximum absolute atomic E-state index is 6.00. The van der Waals surface area contributed by atoms with Crippen LogP contribution in [0.5, 0.6) is 0 Å². The van der Waals surface area contributed by atoms with Gasteiger partial charge in [0.15, 0.2) is 0 Å². The highest BCUT2D eigenvalue weighted by atomic mass is 15.3. The molecule has 1 aromatic heterocycles. The topological polar surface area (TPSA) is 89.7 Å². The molecule has 2 fully saturated rings. The van der Waals surface area contributed by atoms with Gasteiger partial charge in [0.25, 0.3) is 0 Å². The molecule has 0 bridgehead atoms. The molecule has 3 N–H and O–H groups in total. The number of hydrogen-bond acceptors (Lipinski definition) is 9. The quantitative estimate of drug-likeness (QED) is 0.407. The fourth-order valence-corrected chi connectivity index (χ4v) is 5.13. The molecule has 2 aliphatic rings. The first-order valence-corrected chi connectivity index (χ1v) is 13.5. The van der Waals surface area contributed by atoms with E-state index >= 15 is 0 Å². The van der Waals surface area contributed by atoms with Crippen LogP contribution in [0.25, 0.3) is 0 Å². The van der Waals surface area contributed by atoms with Crippen molar-refractivity contribution < 1.29 is 0 Å². The number of hydrogen-bond donors (Lipinski definition) is 2. The van der Waals surface area contributed by atoms with Crippen LogP contribution >= 0.6 is 0 Å². The van der Waals surface area contributed by atoms with Crippen LogP contribution in [0.1, 0.15) is 12.2 Å². The Balaban J connectivity index is 1.00. The lowest BCUT2D eigenvalue weighted by molar-refractivity contribution is 0.257. The number of nitrogens with one attached hydrogen (secondary N) is 1. The maximum Gasteiger partial charge on any atom is 0.227 e. The summed E-state index contributed by atoms with van der Waals surface area (Å²) >= 11 is 0. The van der Waals surface area contributed by atoms with E-state index in [-0.39, 0.29) is 0 Å². The van der Waals surface area contributed by atoms with E-state index in [1.807, 2.05) is 0 Å². The van der Waals surface area contributed by atoms with Crippen molar-refractivity contribution >= 4 is 23.3 Å². The molecule has 0 atom stereocenters. The number of para-hydroxylation sites is 2. The maximum atomic E-state index is 6.00. The molecule has 0 aliphatic carbocycles. The Hall–Kier alpha value is -3.43. The first-order chi connectivity index (χ1) is 18.2. The minimum atomic E-state index is 0.290. The summed E-state index contributed by atoms with van der Waals surface area (Å²) in [5.74, 6) is 1.64. The minimum absolute atomic E-state index is 0.290. The molecule has 0 saturated carbocycles. The third-order valence-corrected chi connectivity index (χ3v) is 7.27. The van der Waals surface area contributed by atoms with Gasteiger partial charge in [-0.25, -0.2) is 0 Å². The van der Waals surface area contributed by atoms with Gasteiger partial charge in [0.05, 0.1) is 0 Å². The fraction of sp³-hybridized carbons (Fsp3) is 0.464. The van der Waals surface area contributed by atoms with Gasteiger partial charge in [-0.15, -0.1) is 0 Å². The Labute approximate surface area is 220 Å². The summed E-state index contributed by atoms with van der Waals surface area (Å²) in [6, 6.07) is 21.3. The largest absolute Gasteiger partial charge is 0.369 e. The first kappa shape index (κ1) is 25.2. The number of nitrogen functional groups attached to an aromatic ring is 1. The molecule has 0 amide bonds. The number of anilines is 4. The van der Waals surface area contributed by atoms with Crippen molar-refractivity contribution in [1.82, 2.24) is 24.8 Å². The van der Waals surface area contributed by atoms with E-state index in [0.29, 0.717) is 11.9 Å². The summed E-state index contributed by atoms with van der Waals surface area (Å²) in [7, 11) is 0. The molecule has 3 aromatic rings. The van der Waals surface area contributed by atoms with Gasteiger partial charge in [-0.05, 0) is 37.2 Å². The summed E-state index contributed by atoms with van der Waals surface area (Å²) in [4.78, 5) is 23.2. The van der Waals surface area contributed by atoms with Crippen molar-refractivity contribution in [2.24, 2.45) is 0 Å². The van der Waals surface area contributed by atoms with Gasteiger partial charge in [0.1, 0.15) is 5.82 Å². The molecule has 9 heteroatoms. The summed E-state index contributed by atoms with van der Waals surface area (Å²) < 4.78 is 0. The average molecular weight is 502 g/mol. The molecule has 9 nitrogen and oxygen atoms in total. The van der Waals surface area contributed by atoms with Crippen molar-refractivity contribution in [2.75, 3.05) is 92.8 Å². The Kier molecular flexibility index (Phi) is 8.66. The van der Waals surface area contributed by atoms with E-state index in [2.05, 4.69) is 101 Å². The highest BCUT2D eigenvalue weighted by Gasteiger charge is 2.18. The summed E-state index contributed by atoms with van der Waals surface area (Å²) in [5.41, 5.74) is 8.62. The van der Waals surface area contributed by atoms with E-state index in [1.165, 1.54) is 11.4 Å². The Morgan fingerprint density at radius 3 is 1.76 bits per heavy atom. The molecule has 0 spiro atoms. The third kappa shape index (κ3) is 7.30. The van der Waals surface area contributed by atoms with Crippen LogP contribution in [-0.2, 0) is 6.42 Å². The van der Waals surface area contributed by atoms with Crippen molar-refractivity contribution in [3.05, 3.63) is 66.5 Å². The lowest BCUT2D eigenvalue weighted by Crippen LogP contribution is -2.47. The lowest BCUT2D eigenvalue weighted by Gasteiger charge is -2.36. The van der Waals surface area contributed by atoms with E-state index in [4.69, 9.17) is 5.73 Å². The van der Waals surface area contributed by atoms with Crippen LogP contribution in [0.4, 0.5) is 23.3 Å². The van der Waals surface area contributed by atoms with Crippen molar-refractivity contribution in [3.63, 3.8) is 0 Å². The van der Waals surface area contributed by atoms with Gasteiger partial charge in [-0.2, -0.15) is 15.0 Å². The zero-order chi connectivity index (χ0) is 25.3. The van der Waals surface area contributed by atoms with Crippen LogP contribution in [-0.4, -0.2) is 96.7 Å². The molecular formula is C28H39N9. The van der Waals surface area contributed by atoms with Gasteiger partial charge in [0.2, 0.25) is 11.9 Å². The van der Waals surface area contributed by atoms with Crippen LogP contribution in [0, 0.1) is 0 Å². The van der Waals surface area contributed by atoms with E-state index in [9.17, 15) is 0 Å². The monoisotopic (exact) mass is 501 g/mol. The van der Waals surface area contributed by atoms with Crippen molar-refractivity contribution in [3.8, 4) is 0 Å². The molecule has 37 heavy (non-hydrogen) atoms. The van der Waals surface area contributed by atoms with E-state index in [1.54, 1.807) is 0 Å². The van der Waals surface area contributed by atoms with E-state index < -0.39 is 0 Å². The molecule has 2 aromatic carbocycles. The summed E-state index contributed by atoms with van der Waals surface area (Å²) in [6.45, 7) is 11.3. The smallest absolute Gasteiger partial charge is 0.227 e. The van der Waals surface area contributed by atoms with Crippen molar-refractivity contribution in [2.45, 2.75) is 12.8 Å². The van der Waals surface area contributed by atoms with Crippen LogP contribution < -0.4 is 20.9 Å². The highest BCUT2D eigenvalue weighted by molar-refractivity contribution is 5.47. The highest BCUT2D eigenvalue weighted by Crippen LogP contribution is 2.17. The Bertz CT molecular complexity index is 1080. The molecule has 5 rings (SSSR count).